The molecule has 0 amide bonds. The number of carbonyl (C=O) groups is 1. The Morgan fingerprint density at radius 1 is 1.42 bits per heavy atom. The SMILES string of the molecule is COC(=O)C1(Nc2cccc(OC)c2)CCCC1C. The molecular formula is C15H21NO3. The van der Waals surface area contributed by atoms with Crippen molar-refractivity contribution >= 4 is 11.7 Å². The number of benzene rings is 1. The first-order chi connectivity index (χ1) is 9.12. The van der Waals surface area contributed by atoms with Crippen LogP contribution >= 0.6 is 0 Å². The normalized spacial score (nSPS) is 25.9. The summed E-state index contributed by atoms with van der Waals surface area (Å²) in [4.78, 5) is 12.2. The Balaban J connectivity index is 2.28. The van der Waals surface area contributed by atoms with Crippen molar-refractivity contribution < 1.29 is 14.3 Å². The third-order valence-electron chi connectivity index (χ3n) is 4.04. The lowest BCUT2D eigenvalue weighted by Gasteiger charge is -2.33. The van der Waals surface area contributed by atoms with Crippen LogP contribution in [0.3, 0.4) is 0 Å². The standard InChI is InChI=1S/C15H21NO3/c1-11-6-5-9-15(11,14(17)19-3)16-12-7-4-8-13(10-12)18-2/h4,7-8,10-11,16H,5-6,9H2,1-3H3. The number of hydrogen-bond acceptors (Lipinski definition) is 4. The van der Waals surface area contributed by atoms with Crippen LogP contribution in [-0.4, -0.2) is 25.7 Å². The molecule has 0 heterocycles. The van der Waals surface area contributed by atoms with Crippen molar-refractivity contribution in [3.8, 4) is 5.75 Å². The second-order valence-corrected chi connectivity index (χ2v) is 5.11. The topological polar surface area (TPSA) is 47.6 Å². The molecule has 1 aliphatic carbocycles. The quantitative estimate of drug-likeness (QED) is 0.849. The molecule has 1 fully saturated rings. The predicted molar refractivity (Wildman–Crippen MR) is 74.4 cm³/mol. The molecule has 2 atom stereocenters. The predicted octanol–water partition coefficient (Wildman–Crippen LogP) is 2.84. The monoisotopic (exact) mass is 263 g/mol. The largest absolute Gasteiger partial charge is 0.497 e. The summed E-state index contributed by atoms with van der Waals surface area (Å²) in [6.45, 7) is 2.09. The molecule has 1 N–H and O–H groups in total. The van der Waals surface area contributed by atoms with Gasteiger partial charge in [0.2, 0.25) is 0 Å². The molecule has 1 saturated carbocycles. The zero-order valence-corrected chi connectivity index (χ0v) is 11.7. The van der Waals surface area contributed by atoms with E-state index >= 15 is 0 Å². The van der Waals surface area contributed by atoms with E-state index in [-0.39, 0.29) is 11.9 Å². The van der Waals surface area contributed by atoms with Crippen LogP contribution in [0.1, 0.15) is 26.2 Å². The third-order valence-corrected chi connectivity index (χ3v) is 4.04. The summed E-state index contributed by atoms with van der Waals surface area (Å²) in [6, 6.07) is 7.63. The number of hydrogen-bond donors (Lipinski definition) is 1. The third kappa shape index (κ3) is 2.53. The fraction of sp³-hybridized carbons (Fsp3) is 0.533. The molecule has 0 aromatic heterocycles. The number of ether oxygens (including phenoxy) is 2. The summed E-state index contributed by atoms with van der Waals surface area (Å²) >= 11 is 0. The molecule has 4 nitrogen and oxygen atoms in total. The Hall–Kier alpha value is -1.71. The second kappa shape index (κ2) is 5.51. The molecule has 2 unspecified atom stereocenters. The highest BCUT2D eigenvalue weighted by molar-refractivity contribution is 5.85. The summed E-state index contributed by atoms with van der Waals surface area (Å²) in [5.74, 6) is 0.849. The molecule has 0 spiro atoms. The van der Waals surface area contributed by atoms with Crippen LogP contribution in [0.4, 0.5) is 5.69 Å². The van der Waals surface area contributed by atoms with Crippen molar-refractivity contribution in [3.05, 3.63) is 24.3 Å². The first-order valence-electron chi connectivity index (χ1n) is 6.63. The van der Waals surface area contributed by atoms with Crippen molar-refractivity contribution in [1.82, 2.24) is 0 Å². The van der Waals surface area contributed by atoms with Gasteiger partial charge in [0, 0.05) is 11.8 Å². The molecule has 1 aromatic rings. The van der Waals surface area contributed by atoms with Gasteiger partial charge in [-0.3, -0.25) is 0 Å². The van der Waals surface area contributed by atoms with Crippen LogP contribution in [0.25, 0.3) is 0 Å². The smallest absolute Gasteiger partial charge is 0.331 e. The van der Waals surface area contributed by atoms with Gasteiger partial charge in [0.15, 0.2) is 0 Å². The lowest BCUT2D eigenvalue weighted by Crippen LogP contribution is -2.49. The summed E-state index contributed by atoms with van der Waals surface area (Å²) in [6.07, 6.45) is 2.87. The van der Waals surface area contributed by atoms with Gasteiger partial charge < -0.3 is 14.8 Å². The molecule has 0 radical (unpaired) electrons. The molecule has 1 aliphatic rings. The molecule has 0 aliphatic heterocycles. The number of methoxy groups -OCH3 is 2. The van der Waals surface area contributed by atoms with E-state index in [1.165, 1.54) is 7.11 Å². The first-order valence-corrected chi connectivity index (χ1v) is 6.63. The molecular weight excluding hydrogens is 242 g/mol. The number of nitrogens with one attached hydrogen (secondary N) is 1. The number of rotatable bonds is 4. The average Bonchev–Trinajstić information content (AvgIpc) is 2.80. The summed E-state index contributed by atoms with van der Waals surface area (Å²) in [7, 11) is 3.08. The summed E-state index contributed by atoms with van der Waals surface area (Å²) in [5, 5.41) is 3.38. The van der Waals surface area contributed by atoms with Crippen LogP contribution < -0.4 is 10.1 Å². The van der Waals surface area contributed by atoms with E-state index in [9.17, 15) is 4.79 Å². The zero-order chi connectivity index (χ0) is 13.9. The number of esters is 1. The Morgan fingerprint density at radius 3 is 2.79 bits per heavy atom. The second-order valence-electron chi connectivity index (χ2n) is 5.11. The highest BCUT2D eigenvalue weighted by Crippen LogP contribution is 2.39. The van der Waals surface area contributed by atoms with Gasteiger partial charge in [0.25, 0.3) is 0 Å². The minimum atomic E-state index is -0.610. The first kappa shape index (κ1) is 13.7. The molecule has 104 valence electrons. The van der Waals surface area contributed by atoms with Gasteiger partial charge in [0.05, 0.1) is 14.2 Å². The molecule has 1 aromatic carbocycles. The lowest BCUT2D eigenvalue weighted by atomic mass is 9.88. The van der Waals surface area contributed by atoms with Crippen molar-refractivity contribution in [2.75, 3.05) is 19.5 Å². The average molecular weight is 263 g/mol. The van der Waals surface area contributed by atoms with E-state index in [1.54, 1.807) is 7.11 Å². The minimum absolute atomic E-state index is 0.180. The van der Waals surface area contributed by atoms with Gasteiger partial charge in [-0.1, -0.05) is 19.4 Å². The fourth-order valence-electron chi connectivity index (χ4n) is 2.86. The van der Waals surface area contributed by atoms with E-state index in [0.29, 0.717) is 0 Å². The van der Waals surface area contributed by atoms with E-state index in [2.05, 4.69) is 12.2 Å². The van der Waals surface area contributed by atoms with Crippen LogP contribution in [-0.2, 0) is 9.53 Å². The maximum atomic E-state index is 12.2. The van der Waals surface area contributed by atoms with Gasteiger partial charge in [-0.2, -0.15) is 0 Å². The summed E-state index contributed by atoms with van der Waals surface area (Å²) < 4.78 is 10.2. The lowest BCUT2D eigenvalue weighted by molar-refractivity contribution is -0.147. The Labute approximate surface area is 114 Å². The maximum absolute atomic E-state index is 12.2. The van der Waals surface area contributed by atoms with Crippen LogP contribution in [0.2, 0.25) is 0 Å². The van der Waals surface area contributed by atoms with Gasteiger partial charge in [-0.25, -0.2) is 4.79 Å². The van der Waals surface area contributed by atoms with E-state index < -0.39 is 5.54 Å². The van der Waals surface area contributed by atoms with E-state index in [0.717, 1.165) is 30.7 Å². The van der Waals surface area contributed by atoms with Gasteiger partial charge in [0.1, 0.15) is 11.3 Å². The van der Waals surface area contributed by atoms with Crippen molar-refractivity contribution in [1.29, 1.82) is 0 Å². The number of anilines is 1. The van der Waals surface area contributed by atoms with E-state index in [1.807, 2.05) is 24.3 Å². The van der Waals surface area contributed by atoms with Crippen molar-refractivity contribution in [2.45, 2.75) is 31.7 Å². The highest BCUT2D eigenvalue weighted by atomic mass is 16.5. The van der Waals surface area contributed by atoms with Crippen LogP contribution in [0.15, 0.2) is 24.3 Å². The van der Waals surface area contributed by atoms with Crippen molar-refractivity contribution in [2.24, 2.45) is 5.92 Å². The van der Waals surface area contributed by atoms with Crippen LogP contribution in [0, 0.1) is 5.92 Å². The Bertz CT molecular complexity index is 460. The van der Waals surface area contributed by atoms with Gasteiger partial charge in [-0.05, 0) is 30.9 Å². The van der Waals surface area contributed by atoms with Crippen LogP contribution in [0.5, 0.6) is 5.75 Å². The molecule has 2 rings (SSSR count). The molecule has 0 saturated heterocycles. The van der Waals surface area contributed by atoms with E-state index in [4.69, 9.17) is 9.47 Å². The maximum Gasteiger partial charge on any atom is 0.331 e. The Morgan fingerprint density at radius 2 is 2.21 bits per heavy atom. The molecule has 4 heteroatoms. The van der Waals surface area contributed by atoms with Gasteiger partial charge >= 0.3 is 5.97 Å². The molecule has 0 bridgehead atoms. The molecule has 19 heavy (non-hydrogen) atoms. The minimum Gasteiger partial charge on any atom is -0.497 e. The highest BCUT2D eigenvalue weighted by Gasteiger charge is 2.47. The van der Waals surface area contributed by atoms with Gasteiger partial charge in [-0.15, -0.1) is 0 Å². The van der Waals surface area contributed by atoms with Crippen molar-refractivity contribution in [3.63, 3.8) is 0 Å². The fourth-order valence-corrected chi connectivity index (χ4v) is 2.86. The summed E-state index contributed by atoms with van der Waals surface area (Å²) in [5.41, 5.74) is 0.277. The zero-order valence-electron chi connectivity index (χ0n) is 11.7. The Kier molecular flexibility index (Phi) is 3.98. The number of carbonyl (C=O) groups excluding carboxylic acids is 1.